The topological polar surface area (TPSA) is 76.3 Å². The molecule has 0 atom stereocenters. The SMILES string of the molecule is N#Cc1ccc2[nH]c(Br)nc2c1C#N. The smallest absolute Gasteiger partial charge is 0.175 e. The van der Waals surface area contributed by atoms with Crippen molar-refractivity contribution in [2.45, 2.75) is 0 Å². The van der Waals surface area contributed by atoms with Gasteiger partial charge in [-0.05, 0) is 28.1 Å². The lowest BCUT2D eigenvalue weighted by atomic mass is 10.1. The number of rotatable bonds is 0. The van der Waals surface area contributed by atoms with Crippen molar-refractivity contribution < 1.29 is 0 Å². The zero-order valence-electron chi connectivity index (χ0n) is 6.87. The molecule has 2 rings (SSSR count). The maximum atomic E-state index is 8.89. The second-order valence-electron chi connectivity index (χ2n) is 2.64. The molecule has 0 amide bonds. The Hall–Kier alpha value is -1.85. The second-order valence-corrected chi connectivity index (χ2v) is 3.39. The predicted molar refractivity (Wildman–Crippen MR) is 53.2 cm³/mol. The van der Waals surface area contributed by atoms with Crippen molar-refractivity contribution >= 4 is 27.0 Å². The van der Waals surface area contributed by atoms with Crippen LogP contribution in [0.15, 0.2) is 16.9 Å². The van der Waals surface area contributed by atoms with Crippen LogP contribution in [0.2, 0.25) is 0 Å². The summed E-state index contributed by atoms with van der Waals surface area (Å²) in [4.78, 5) is 7.01. The maximum Gasteiger partial charge on any atom is 0.175 e. The number of nitrogens with one attached hydrogen (secondary N) is 1. The first-order valence-electron chi connectivity index (χ1n) is 3.74. The van der Waals surface area contributed by atoms with Crippen LogP contribution < -0.4 is 0 Å². The molecule has 5 heteroatoms. The van der Waals surface area contributed by atoms with Gasteiger partial charge in [0.05, 0.1) is 16.6 Å². The molecule has 0 aliphatic heterocycles. The van der Waals surface area contributed by atoms with Crippen molar-refractivity contribution in [1.29, 1.82) is 10.5 Å². The molecule has 0 aliphatic rings. The molecule has 1 aromatic carbocycles. The van der Waals surface area contributed by atoms with Crippen molar-refractivity contribution in [3.63, 3.8) is 0 Å². The summed E-state index contributed by atoms with van der Waals surface area (Å²) in [6.45, 7) is 0. The molecule has 0 bridgehead atoms. The molecule has 66 valence electrons. The van der Waals surface area contributed by atoms with Gasteiger partial charge in [0, 0.05) is 0 Å². The van der Waals surface area contributed by atoms with Crippen LogP contribution in [0.1, 0.15) is 11.1 Å². The van der Waals surface area contributed by atoms with Gasteiger partial charge in [-0.15, -0.1) is 0 Å². The molecule has 2 aromatic rings. The number of nitrogens with zero attached hydrogens (tertiary/aromatic N) is 3. The lowest BCUT2D eigenvalue weighted by Crippen LogP contribution is -1.85. The monoisotopic (exact) mass is 246 g/mol. The fourth-order valence-corrected chi connectivity index (χ4v) is 1.64. The van der Waals surface area contributed by atoms with E-state index in [4.69, 9.17) is 10.5 Å². The summed E-state index contributed by atoms with van der Waals surface area (Å²) in [5.41, 5.74) is 1.93. The molecule has 0 saturated carbocycles. The Morgan fingerprint density at radius 1 is 1.29 bits per heavy atom. The van der Waals surface area contributed by atoms with Crippen LogP contribution in [0.3, 0.4) is 0 Å². The zero-order chi connectivity index (χ0) is 10.1. The van der Waals surface area contributed by atoms with Crippen LogP contribution in [0.5, 0.6) is 0 Å². The molecule has 4 nitrogen and oxygen atoms in total. The van der Waals surface area contributed by atoms with E-state index < -0.39 is 0 Å². The average molecular weight is 247 g/mol. The molecule has 0 saturated heterocycles. The average Bonchev–Trinajstić information content (AvgIpc) is 2.56. The number of imidazole rings is 1. The van der Waals surface area contributed by atoms with Crippen LogP contribution in [0.25, 0.3) is 11.0 Å². The summed E-state index contributed by atoms with van der Waals surface area (Å²) in [5.74, 6) is 0. The molecule has 0 spiro atoms. The standard InChI is InChI=1S/C9H3BrN4/c10-9-13-7-2-1-5(3-11)6(4-12)8(7)14-9/h1-2H,(H,13,14). The van der Waals surface area contributed by atoms with Gasteiger partial charge < -0.3 is 4.98 Å². The Morgan fingerprint density at radius 3 is 2.71 bits per heavy atom. The van der Waals surface area contributed by atoms with Crippen LogP contribution >= 0.6 is 15.9 Å². The number of benzene rings is 1. The third-order valence-corrected chi connectivity index (χ3v) is 2.23. The Bertz CT molecular complexity index is 585. The molecular weight excluding hydrogens is 244 g/mol. The summed E-state index contributed by atoms with van der Waals surface area (Å²) in [6, 6.07) is 7.26. The highest BCUT2D eigenvalue weighted by Crippen LogP contribution is 2.21. The van der Waals surface area contributed by atoms with Gasteiger partial charge in [-0.25, -0.2) is 4.98 Å². The van der Waals surface area contributed by atoms with Crippen LogP contribution in [0.4, 0.5) is 0 Å². The first kappa shape index (κ1) is 8.74. The number of fused-ring (bicyclic) bond motifs is 1. The molecule has 1 aromatic heterocycles. The van der Waals surface area contributed by atoms with Crippen LogP contribution in [-0.4, -0.2) is 9.97 Å². The molecule has 0 unspecified atom stereocenters. The van der Waals surface area contributed by atoms with Gasteiger partial charge in [0.1, 0.15) is 17.7 Å². The number of nitriles is 2. The maximum absolute atomic E-state index is 8.89. The lowest BCUT2D eigenvalue weighted by molar-refractivity contribution is 1.26. The highest BCUT2D eigenvalue weighted by Gasteiger charge is 2.10. The van der Waals surface area contributed by atoms with Crippen LogP contribution in [0, 0.1) is 22.7 Å². The largest absolute Gasteiger partial charge is 0.332 e. The number of aromatic nitrogens is 2. The van der Waals surface area contributed by atoms with Gasteiger partial charge in [-0.1, -0.05) is 0 Å². The number of hydrogen-bond acceptors (Lipinski definition) is 3. The van der Waals surface area contributed by atoms with Crippen molar-refractivity contribution in [2.24, 2.45) is 0 Å². The van der Waals surface area contributed by atoms with E-state index in [2.05, 4.69) is 25.9 Å². The molecule has 0 fully saturated rings. The summed E-state index contributed by atoms with van der Waals surface area (Å²) in [5, 5.41) is 17.7. The predicted octanol–water partition coefficient (Wildman–Crippen LogP) is 2.07. The number of halogens is 1. The Morgan fingerprint density at radius 2 is 2.07 bits per heavy atom. The molecular formula is C9H3BrN4. The second kappa shape index (κ2) is 3.13. The molecule has 0 aliphatic carbocycles. The van der Waals surface area contributed by atoms with Crippen LogP contribution in [-0.2, 0) is 0 Å². The fraction of sp³-hybridized carbons (Fsp3) is 0. The van der Waals surface area contributed by atoms with E-state index in [0.717, 1.165) is 5.52 Å². The van der Waals surface area contributed by atoms with Gasteiger partial charge in [-0.2, -0.15) is 10.5 Å². The van der Waals surface area contributed by atoms with Gasteiger partial charge in [0.2, 0.25) is 0 Å². The van der Waals surface area contributed by atoms with Crippen molar-refractivity contribution in [1.82, 2.24) is 9.97 Å². The first-order chi connectivity index (χ1) is 6.76. The Labute approximate surface area is 87.9 Å². The minimum absolute atomic E-state index is 0.312. The van der Waals surface area contributed by atoms with E-state index in [1.165, 1.54) is 0 Å². The zero-order valence-corrected chi connectivity index (χ0v) is 8.46. The quantitative estimate of drug-likeness (QED) is 0.774. The normalized spacial score (nSPS) is 9.64. The van der Waals surface area contributed by atoms with E-state index >= 15 is 0 Å². The van der Waals surface area contributed by atoms with Crippen molar-refractivity contribution in [3.8, 4) is 12.1 Å². The first-order valence-corrected chi connectivity index (χ1v) is 4.54. The fourth-order valence-electron chi connectivity index (χ4n) is 1.25. The van der Waals surface area contributed by atoms with Gasteiger partial charge in [0.25, 0.3) is 0 Å². The number of aromatic amines is 1. The van der Waals surface area contributed by atoms with Gasteiger partial charge >= 0.3 is 0 Å². The summed E-state index contributed by atoms with van der Waals surface area (Å²) in [6.07, 6.45) is 0. The minimum atomic E-state index is 0.312. The Balaban J connectivity index is 2.93. The van der Waals surface area contributed by atoms with Gasteiger partial charge in [-0.3, -0.25) is 0 Å². The van der Waals surface area contributed by atoms with Gasteiger partial charge in [0.15, 0.2) is 4.73 Å². The van der Waals surface area contributed by atoms with Crippen molar-refractivity contribution in [2.75, 3.05) is 0 Å². The molecule has 1 N–H and O–H groups in total. The van der Waals surface area contributed by atoms with E-state index in [9.17, 15) is 0 Å². The lowest BCUT2D eigenvalue weighted by Gasteiger charge is -1.93. The molecule has 14 heavy (non-hydrogen) atoms. The third kappa shape index (κ3) is 1.15. The van der Waals surface area contributed by atoms with E-state index in [-0.39, 0.29) is 0 Å². The number of hydrogen-bond donors (Lipinski definition) is 1. The minimum Gasteiger partial charge on any atom is -0.332 e. The third-order valence-electron chi connectivity index (χ3n) is 1.86. The summed E-state index contributed by atoms with van der Waals surface area (Å²) < 4.78 is 0.555. The molecule has 1 heterocycles. The summed E-state index contributed by atoms with van der Waals surface area (Å²) in [7, 11) is 0. The number of H-pyrrole nitrogens is 1. The van der Waals surface area contributed by atoms with E-state index in [1.54, 1.807) is 12.1 Å². The Kier molecular flexibility index (Phi) is 1.95. The summed E-state index contributed by atoms with van der Waals surface area (Å²) >= 11 is 3.18. The highest BCUT2D eigenvalue weighted by atomic mass is 79.9. The van der Waals surface area contributed by atoms with E-state index in [0.29, 0.717) is 21.4 Å². The van der Waals surface area contributed by atoms with Crippen molar-refractivity contribution in [3.05, 3.63) is 28.0 Å². The molecule has 0 radical (unpaired) electrons. The van der Waals surface area contributed by atoms with E-state index in [1.807, 2.05) is 12.1 Å². The highest BCUT2D eigenvalue weighted by molar-refractivity contribution is 9.10.